The van der Waals surface area contributed by atoms with Gasteiger partial charge in [-0.1, -0.05) is 0 Å². The summed E-state index contributed by atoms with van der Waals surface area (Å²) >= 11 is 0. The summed E-state index contributed by atoms with van der Waals surface area (Å²) < 4.78 is 7.11. The van der Waals surface area contributed by atoms with Gasteiger partial charge in [0.1, 0.15) is 11.9 Å². The Morgan fingerprint density at radius 1 is 1.08 bits per heavy atom. The van der Waals surface area contributed by atoms with Gasteiger partial charge in [-0.25, -0.2) is 9.67 Å². The van der Waals surface area contributed by atoms with Crippen molar-refractivity contribution in [1.82, 2.24) is 24.7 Å². The average molecular weight is 350 g/mol. The van der Waals surface area contributed by atoms with Gasteiger partial charge in [-0.3, -0.25) is 14.8 Å². The van der Waals surface area contributed by atoms with E-state index in [1.807, 2.05) is 19.1 Å². The van der Waals surface area contributed by atoms with Crippen molar-refractivity contribution in [3.05, 3.63) is 65.1 Å². The van der Waals surface area contributed by atoms with Crippen LogP contribution in [-0.2, 0) is 4.74 Å². The maximum atomic E-state index is 12.4. The Kier molecular flexibility index (Phi) is 4.40. The van der Waals surface area contributed by atoms with Crippen molar-refractivity contribution in [2.24, 2.45) is 0 Å². The van der Waals surface area contributed by atoms with Crippen molar-refractivity contribution >= 4 is 5.82 Å². The normalized spacial score (nSPS) is 19.4. The summed E-state index contributed by atoms with van der Waals surface area (Å²) in [6, 6.07) is 6.63. The first-order valence-electron chi connectivity index (χ1n) is 8.34. The minimum Gasteiger partial charge on any atom is -0.377 e. The fraction of sp³-hybridized carbons (Fsp3) is 0.278. The summed E-state index contributed by atoms with van der Waals surface area (Å²) in [4.78, 5) is 25.0. The zero-order valence-electron chi connectivity index (χ0n) is 14.2. The number of nitrogens with zero attached hydrogens (tertiary/aromatic N) is 5. The number of pyridine rings is 1. The van der Waals surface area contributed by atoms with E-state index in [4.69, 9.17) is 4.74 Å². The first-order chi connectivity index (χ1) is 12.7. The quantitative estimate of drug-likeness (QED) is 0.761. The Morgan fingerprint density at radius 3 is 2.69 bits per heavy atom. The highest BCUT2D eigenvalue weighted by molar-refractivity contribution is 5.57. The van der Waals surface area contributed by atoms with E-state index in [-0.39, 0.29) is 17.6 Å². The number of hydrogen-bond donors (Lipinski definition) is 1. The van der Waals surface area contributed by atoms with E-state index in [2.05, 4.69) is 25.4 Å². The lowest BCUT2D eigenvalue weighted by molar-refractivity contribution is 0.183. The minimum absolute atomic E-state index is 0.122. The lowest BCUT2D eigenvalue weighted by atomic mass is 10.1. The maximum Gasteiger partial charge on any atom is 0.267 e. The van der Waals surface area contributed by atoms with Crippen molar-refractivity contribution in [2.75, 3.05) is 18.5 Å². The number of rotatable bonds is 4. The molecule has 1 aliphatic rings. The minimum atomic E-state index is -0.231. The van der Waals surface area contributed by atoms with E-state index in [1.165, 1.54) is 10.7 Å². The molecule has 3 aromatic heterocycles. The summed E-state index contributed by atoms with van der Waals surface area (Å²) in [5.74, 6) is 0.686. The van der Waals surface area contributed by atoms with E-state index < -0.39 is 0 Å². The Hall–Kier alpha value is -3.13. The van der Waals surface area contributed by atoms with Gasteiger partial charge in [-0.15, -0.1) is 0 Å². The van der Waals surface area contributed by atoms with Crippen LogP contribution >= 0.6 is 0 Å². The Bertz CT molecular complexity index is 959. The highest BCUT2D eigenvalue weighted by Gasteiger charge is 2.32. The lowest BCUT2D eigenvalue weighted by Gasteiger charge is -2.21. The molecule has 2 atom stereocenters. The van der Waals surface area contributed by atoms with Crippen LogP contribution in [-0.4, -0.2) is 44.0 Å². The zero-order chi connectivity index (χ0) is 17.9. The molecule has 0 aromatic carbocycles. The van der Waals surface area contributed by atoms with E-state index in [1.54, 1.807) is 30.9 Å². The third-order valence-corrected chi connectivity index (χ3v) is 4.37. The molecule has 0 aliphatic carbocycles. The largest absolute Gasteiger partial charge is 0.377 e. The van der Waals surface area contributed by atoms with Gasteiger partial charge in [0.2, 0.25) is 0 Å². The molecule has 132 valence electrons. The van der Waals surface area contributed by atoms with Crippen LogP contribution in [0.25, 0.3) is 11.3 Å². The number of aryl methyl sites for hydroxylation is 1. The molecule has 0 radical (unpaired) electrons. The number of hydrogen-bond acceptors (Lipinski definition) is 7. The highest BCUT2D eigenvalue weighted by Crippen LogP contribution is 2.23. The molecule has 26 heavy (non-hydrogen) atoms. The van der Waals surface area contributed by atoms with Crippen molar-refractivity contribution in [3.63, 3.8) is 0 Å². The molecule has 8 heteroatoms. The third-order valence-electron chi connectivity index (χ3n) is 4.37. The predicted molar refractivity (Wildman–Crippen MR) is 95.8 cm³/mol. The second-order valence-electron chi connectivity index (χ2n) is 6.08. The molecule has 0 saturated carbocycles. The molecule has 1 fully saturated rings. The summed E-state index contributed by atoms with van der Waals surface area (Å²) in [6.45, 7) is 2.76. The van der Waals surface area contributed by atoms with Crippen LogP contribution in [0.3, 0.4) is 0 Å². The topological polar surface area (TPSA) is 94.8 Å². The van der Waals surface area contributed by atoms with Gasteiger partial charge in [0, 0.05) is 36.4 Å². The molecule has 3 aromatic rings. The molecule has 1 N–H and O–H groups in total. The molecule has 2 unspecified atom stereocenters. The molecule has 0 amide bonds. The van der Waals surface area contributed by atoms with Crippen molar-refractivity contribution in [1.29, 1.82) is 0 Å². The van der Waals surface area contributed by atoms with Crippen LogP contribution in [0.2, 0.25) is 0 Å². The highest BCUT2D eigenvalue weighted by atomic mass is 16.5. The van der Waals surface area contributed by atoms with Gasteiger partial charge in [-0.05, 0) is 25.1 Å². The summed E-state index contributed by atoms with van der Waals surface area (Å²) in [6.07, 6.45) is 6.68. The Balaban J connectivity index is 1.65. The van der Waals surface area contributed by atoms with Crippen LogP contribution in [0.4, 0.5) is 5.82 Å². The second-order valence-corrected chi connectivity index (χ2v) is 6.08. The number of ether oxygens (including phenoxy) is 1. The summed E-state index contributed by atoms with van der Waals surface area (Å²) in [5, 5.41) is 7.90. The van der Waals surface area contributed by atoms with Crippen molar-refractivity contribution < 1.29 is 4.74 Å². The maximum absolute atomic E-state index is 12.4. The average Bonchev–Trinajstić information content (AvgIpc) is 3.13. The molecule has 0 spiro atoms. The SMILES string of the molecule is Cc1nccnc1NC1COCC1n1nc(-c2ccncc2)ccc1=O. The van der Waals surface area contributed by atoms with Gasteiger partial charge < -0.3 is 10.1 Å². The van der Waals surface area contributed by atoms with Gasteiger partial charge in [0.05, 0.1) is 30.6 Å². The second kappa shape index (κ2) is 7.01. The fourth-order valence-corrected chi connectivity index (χ4v) is 2.99. The third kappa shape index (κ3) is 3.18. The van der Waals surface area contributed by atoms with Crippen molar-refractivity contribution in [3.8, 4) is 11.3 Å². The smallest absolute Gasteiger partial charge is 0.267 e. The van der Waals surface area contributed by atoms with Gasteiger partial charge >= 0.3 is 0 Å². The number of aromatic nitrogens is 5. The van der Waals surface area contributed by atoms with Crippen LogP contribution in [0, 0.1) is 6.92 Å². The predicted octanol–water partition coefficient (Wildman–Crippen LogP) is 1.46. The van der Waals surface area contributed by atoms with E-state index in [9.17, 15) is 4.79 Å². The summed E-state index contributed by atoms with van der Waals surface area (Å²) in [5.41, 5.74) is 2.25. The molecule has 4 rings (SSSR count). The molecular formula is C18H18N6O2. The van der Waals surface area contributed by atoms with E-state index >= 15 is 0 Å². The molecule has 0 bridgehead atoms. The zero-order valence-corrected chi connectivity index (χ0v) is 14.2. The van der Waals surface area contributed by atoms with E-state index in [0.717, 1.165) is 11.3 Å². The first-order valence-corrected chi connectivity index (χ1v) is 8.34. The molecule has 8 nitrogen and oxygen atoms in total. The standard InChI is InChI=1S/C18H18N6O2/c1-12-18(21-9-8-20-12)22-15-10-26-11-16(15)24-17(25)3-2-14(23-24)13-4-6-19-7-5-13/h2-9,15-16H,10-11H2,1H3,(H,21,22). The monoisotopic (exact) mass is 350 g/mol. The Morgan fingerprint density at radius 2 is 1.88 bits per heavy atom. The summed E-state index contributed by atoms with van der Waals surface area (Å²) in [7, 11) is 0. The van der Waals surface area contributed by atoms with Gasteiger partial charge in [-0.2, -0.15) is 5.10 Å². The van der Waals surface area contributed by atoms with Crippen LogP contribution in [0.1, 0.15) is 11.7 Å². The number of anilines is 1. The van der Waals surface area contributed by atoms with Gasteiger partial charge in [0.15, 0.2) is 0 Å². The molecular weight excluding hydrogens is 332 g/mol. The van der Waals surface area contributed by atoms with Crippen molar-refractivity contribution in [2.45, 2.75) is 19.0 Å². The fourth-order valence-electron chi connectivity index (χ4n) is 2.99. The van der Waals surface area contributed by atoms with Gasteiger partial charge in [0.25, 0.3) is 5.56 Å². The lowest BCUT2D eigenvalue weighted by Crippen LogP contribution is -2.37. The van der Waals surface area contributed by atoms with E-state index in [0.29, 0.717) is 24.7 Å². The van der Waals surface area contributed by atoms with Crippen LogP contribution in [0.15, 0.2) is 53.8 Å². The Labute approximate surface area is 149 Å². The van der Waals surface area contributed by atoms with Crippen LogP contribution in [0.5, 0.6) is 0 Å². The molecule has 1 saturated heterocycles. The first kappa shape index (κ1) is 16.3. The molecule has 1 aliphatic heterocycles. The number of nitrogens with one attached hydrogen (secondary N) is 1. The van der Waals surface area contributed by atoms with Crippen LogP contribution < -0.4 is 10.9 Å². The molecule has 4 heterocycles.